The molecule has 5 rings (SSSR count). The highest BCUT2D eigenvalue weighted by atomic mass is 16.7. The van der Waals surface area contributed by atoms with E-state index < -0.39 is 0 Å². The van der Waals surface area contributed by atoms with Gasteiger partial charge in [-0.1, -0.05) is 66.7 Å². The van der Waals surface area contributed by atoms with E-state index in [1.54, 1.807) is 0 Å². The normalized spacial score (nSPS) is 18.6. The number of rotatable bonds is 1. The molecule has 4 aromatic rings. The van der Waals surface area contributed by atoms with Crippen LogP contribution in [0.2, 0.25) is 0 Å². The van der Waals surface area contributed by atoms with E-state index in [9.17, 15) is 0 Å². The highest BCUT2D eigenvalue weighted by Crippen LogP contribution is 2.38. The molecule has 27 heavy (non-hydrogen) atoms. The second-order valence-electron chi connectivity index (χ2n) is 8.48. The lowest BCUT2D eigenvalue weighted by Crippen LogP contribution is -2.41. The van der Waals surface area contributed by atoms with Gasteiger partial charge < -0.3 is 9.31 Å². The molecule has 1 aliphatic rings. The van der Waals surface area contributed by atoms with Crippen LogP contribution in [-0.2, 0) is 9.31 Å². The van der Waals surface area contributed by atoms with Gasteiger partial charge in [0.2, 0.25) is 0 Å². The van der Waals surface area contributed by atoms with Gasteiger partial charge in [-0.2, -0.15) is 0 Å². The Morgan fingerprint density at radius 3 is 2.00 bits per heavy atom. The molecule has 0 aliphatic carbocycles. The van der Waals surface area contributed by atoms with Gasteiger partial charge in [-0.3, -0.25) is 0 Å². The van der Waals surface area contributed by atoms with Crippen molar-refractivity contribution in [3.05, 3.63) is 66.7 Å². The summed E-state index contributed by atoms with van der Waals surface area (Å²) in [5.41, 5.74) is 0.404. The van der Waals surface area contributed by atoms with Crippen molar-refractivity contribution in [2.24, 2.45) is 0 Å². The summed E-state index contributed by atoms with van der Waals surface area (Å²) in [6, 6.07) is 23.8. The van der Waals surface area contributed by atoms with Crippen LogP contribution in [0.15, 0.2) is 66.7 Å². The van der Waals surface area contributed by atoms with Gasteiger partial charge >= 0.3 is 7.12 Å². The molecule has 1 fully saturated rings. The molecule has 4 aromatic carbocycles. The third kappa shape index (κ3) is 2.42. The van der Waals surface area contributed by atoms with Gasteiger partial charge in [-0.05, 0) is 65.5 Å². The van der Waals surface area contributed by atoms with Crippen molar-refractivity contribution in [1.29, 1.82) is 0 Å². The van der Waals surface area contributed by atoms with Crippen molar-refractivity contribution >= 4 is 44.9 Å². The van der Waals surface area contributed by atoms with Crippen LogP contribution >= 0.6 is 0 Å². The molecule has 0 atom stereocenters. The van der Waals surface area contributed by atoms with Gasteiger partial charge in [0.1, 0.15) is 0 Å². The Balaban J connectivity index is 1.81. The van der Waals surface area contributed by atoms with Crippen LogP contribution in [0.1, 0.15) is 27.7 Å². The highest BCUT2D eigenvalue weighted by Gasteiger charge is 2.52. The van der Waals surface area contributed by atoms with Crippen LogP contribution in [0.5, 0.6) is 0 Å². The average Bonchev–Trinajstić information content (AvgIpc) is 2.88. The van der Waals surface area contributed by atoms with Crippen molar-refractivity contribution in [2.45, 2.75) is 38.9 Å². The van der Waals surface area contributed by atoms with Crippen molar-refractivity contribution < 1.29 is 9.31 Å². The van der Waals surface area contributed by atoms with Gasteiger partial charge in [0, 0.05) is 0 Å². The van der Waals surface area contributed by atoms with Gasteiger partial charge in [0.15, 0.2) is 0 Å². The Morgan fingerprint density at radius 1 is 0.593 bits per heavy atom. The van der Waals surface area contributed by atoms with Crippen LogP contribution in [0.4, 0.5) is 0 Å². The molecule has 0 unspecified atom stereocenters. The molecular formula is C24H23BO2. The van der Waals surface area contributed by atoms with E-state index >= 15 is 0 Å². The van der Waals surface area contributed by atoms with E-state index in [4.69, 9.17) is 9.31 Å². The monoisotopic (exact) mass is 354 g/mol. The Hall–Kier alpha value is -2.36. The lowest BCUT2D eigenvalue weighted by atomic mass is 9.75. The summed E-state index contributed by atoms with van der Waals surface area (Å²) >= 11 is 0. The van der Waals surface area contributed by atoms with E-state index in [0.717, 1.165) is 5.46 Å². The molecule has 134 valence electrons. The quantitative estimate of drug-likeness (QED) is 0.334. The Labute approximate surface area is 160 Å². The molecule has 0 radical (unpaired) electrons. The molecule has 0 aromatic heterocycles. The van der Waals surface area contributed by atoms with Crippen LogP contribution in [0, 0.1) is 0 Å². The van der Waals surface area contributed by atoms with Crippen LogP contribution in [-0.4, -0.2) is 18.3 Å². The summed E-state index contributed by atoms with van der Waals surface area (Å²) in [5, 5.41) is 7.49. The fourth-order valence-electron chi connectivity index (χ4n) is 4.07. The Kier molecular flexibility index (Phi) is 3.47. The maximum absolute atomic E-state index is 6.37. The number of hydrogen-bond donors (Lipinski definition) is 0. The SMILES string of the molecule is CC1(C)OB(c2cccc3ccc4c5ccccc5ccc4c23)OC1(C)C. The smallest absolute Gasteiger partial charge is 0.399 e. The predicted molar refractivity (Wildman–Crippen MR) is 115 cm³/mol. The molecule has 0 amide bonds. The maximum Gasteiger partial charge on any atom is 0.495 e. The zero-order valence-electron chi connectivity index (χ0n) is 16.2. The topological polar surface area (TPSA) is 18.5 Å². The standard InChI is InChI=1S/C24H23BO2/c1-23(2)24(3,4)27-25(26-23)21-11-7-9-17-13-14-19-18-10-6-5-8-16(18)12-15-20(19)22(17)21/h5-15H,1-4H3. The first-order chi connectivity index (χ1) is 12.9. The van der Waals surface area contributed by atoms with Crippen LogP contribution in [0.25, 0.3) is 32.3 Å². The first-order valence-corrected chi connectivity index (χ1v) is 9.56. The van der Waals surface area contributed by atoms with Gasteiger partial charge in [-0.25, -0.2) is 0 Å². The van der Waals surface area contributed by atoms with Crippen molar-refractivity contribution in [3.8, 4) is 0 Å². The van der Waals surface area contributed by atoms with E-state index in [-0.39, 0.29) is 18.3 Å². The van der Waals surface area contributed by atoms with Gasteiger partial charge in [0.25, 0.3) is 0 Å². The van der Waals surface area contributed by atoms with Gasteiger partial charge in [-0.15, -0.1) is 0 Å². The van der Waals surface area contributed by atoms with E-state index in [2.05, 4.69) is 94.4 Å². The highest BCUT2D eigenvalue weighted by molar-refractivity contribution is 6.66. The summed E-state index contributed by atoms with van der Waals surface area (Å²) in [5.74, 6) is 0. The lowest BCUT2D eigenvalue weighted by Gasteiger charge is -2.32. The molecule has 3 heteroatoms. The molecule has 0 N–H and O–H groups in total. The first-order valence-electron chi connectivity index (χ1n) is 9.56. The molecular weight excluding hydrogens is 331 g/mol. The molecule has 2 nitrogen and oxygen atoms in total. The predicted octanol–water partition coefficient (Wildman–Crippen LogP) is 5.45. The minimum Gasteiger partial charge on any atom is -0.399 e. The third-order valence-corrected chi connectivity index (χ3v) is 6.31. The second kappa shape index (κ2) is 5.57. The summed E-state index contributed by atoms with van der Waals surface area (Å²) in [4.78, 5) is 0. The molecule has 0 bridgehead atoms. The first kappa shape index (κ1) is 16.8. The van der Waals surface area contributed by atoms with Crippen molar-refractivity contribution in [1.82, 2.24) is 0 Å². The lowest BCUT2D eigenvalue weighted by molar-refractivity contribution is 0.00578. The van der Waals surface area contributed by atoms with E-state index in [1.807, 2.05) is 0 Å². The summed E-state index contributed by atoms with van der Waals surface area (Å²) < 4.78 is 12.7. The molecule has 1 aliphatic heterocycles. The minimum absolute atomic E-state index is 0.350. The van der Waals surface area contributed by atoms with E-state index in [0.29, 0.717) is 0 Å². The zero-order chi connectivity index (χ0) is 18.8. The average molecular weight is 354 g/mol. The third-order valence-electron chi connectivity index (χ3n) is 6.31. The minimum atomic E-state index is -0.365. The summed E-state index contributed by atoms with van der Waals surface area (Å²) in [6.07, 6.45) is 0. The van der Waals surface area contributed by atoms with Gasteiger partial charge in [0.05, 0.1) is 11.2 Å². The van der Waals surface area contributed by atoms with Crippen LogP contribution in [0.3, 0.4) is 0 Å². The summed E-state index contributed by atoms with van der Waals surface area (Å²) in [6.45, 7) is 8.40. The fourth-order valence-corrected chi connectivity index (χ4v) is 4.07. The molecule has 1 heterocycles. The van der Waals surface area contributed by atoms with Crippen molar-refractivity contribution in [3.63, 3.8) is 0 Å². The molecule has 0 saturated carbocycles. The summed E-state index contributed by atoms with van der Waals surface area (Å²) in [7, 11) is -0.365. The Morgan fingerprint density at radius 2 is 1.22 bits per heavy atom. The van der Waals surface area contributed by atoms with E-state index in [1.165, 1.54) is 32.3 Å². The zero-order valence-corrected chi connectivity index (χ0v) is 16.2. The number of fused-ring (bicyclic) bond motifs is 5. The number of benzene rings is 4. The fraction of sp³-hybridized carbons (Fsp3) is 0.250. The maximum atomic E-state index is 6.37. The van der Waals surface area contributed by atoms with Crippen LogP contribution < -0.4 is 5.46 Å². The largest absolute Gasteiger partial charge is 0.495 e. The Bertz CT molecular complexity index is 1180. The molecule has 1 saturated heterocycles. The van der Waals surface area contributed by atoms with Crippen molar-refractivity contribution in [2.75, 3.05) is 0 Å². The molecule has 0 spiro atoms. The number of hydrogen-bond acceptors (Lipinski definition) is 2. The second-order valence-corrected chi connectivity index (χ2v) is 8.48.